The topological polar surface area (TPSA) is 89.9 Å². The van der Waals surface area contributed by atoms with Gasteiger partial charge in [0.1, 0.15) is 42.9 Å². The first-order chi connectivity index (χ1) is 26.0. The van der Waals surface area contributed by atoms with Gasteiger partial charge >= 0.3 is 0 Å². The normalized spacial score (nSPS) is 22.7. The number of para-hydroxylation sites is 1. The first-order valence-corrected chi connectivity index (χ1v) is 19.2. The minimum atomic E-state index is -1.04. The third-order valence-electron chi connectivity index (χ3n) is 10.3. The quantitative estimate of drug-likeness (QED) is 0.228. The zero-order valence-corrected chi connectivity index (χ0v) is 31.8. The number of anilines is 3. The van der Waals surface area contributed by atoms with E-state index in [-0.39, 0.29) is 6.10 Å². The molecule has 12 nitrogen and oxygen atoms in total. The molecule has 3 fully saturated rings. The predicted octanol–water partition coefficient (Wildman–Crippen LogP) is 6.37. The van der Waals surface area contributed by atoms with Crippen molar-refractivity contribution in [1.82, 2.24) is 15.6 Å². The lowest BCUT2D eigenvalue weighted by atomic mass is 10.0. The van der Waals surface area contributed by atoms with E-state index in [9.17, 15) is 0 Å². The molecule has 0 amide bonds. The molecule has 1 saturated carbocycles. The summed E-state index contributed by atoms with van der Waals surface area (Å²) in [7, 11) is 1.66. The van der Waals surface area contributed by atoms with Crippen molar-refractivity contribution in [3.05, 3.63) is 89.8 Å². The van der Waals surface area contributed by atoms with Gasteiger partial charge in [-0.15, -0.1) is 0 Å². The summed E-state index contributed by atoms with van der Waals surface area (Å²) in [4.78, 5) is 7.18. The molecule has 3 aromatic rings. The number of benzene rings is 3. The Morgan fingerprint density at radius 2 is 1.55 bits per heavy atom. The number of hydrogen-bond donors (Lipinski definition) is 1. The summed E-state index contributed by atoms with van der Waals surface area (Å²) >= 11 is 0. The molecule has 8 rings (SSSR count). The molecule has 1 N–H and O–H groups in total. The van der Waals surface area contributed by atoms with Crippen LogP contribution in [0.15, 0.2) is 94.4 Å². The highest BCUT2D eigenvalue weighted by Gasteiger charge is 2.47. The smallest absolute Gasteiger partial charge is 0.220 e. The van der Waals surface area contributed by atoms with Gasteiger partial charge < -0.3 is 28.7 Å². The number of nitrogens with zero attached hydrogens (tertiary/aromatic N) is 7. The van der Waals surface area contributed by atoms with E-state index in [1.165, 1.54) is 41.3 Å². The van der Waals surface area contributed by atoms with Gasteiger partial charge in [0.2, 0.25) is 5.79 Å². The van der Waals surface area contributed by atoms with Crippen LogP contribution in [0, 0.1) is 0 Å². The van der Waals surface area contributed by atoms with Crippen LogP contribution in [0.1, 0.15) is 52.5 Å². The monoisotopic (exact) mass is 722 g/mol. The van der Waals surface area contributed by atoms with E-state index >= 15 is 0 Å². The summed E-state index contributed by atoms with van der Waals surface area (Å²) < 4.78 is 24.8. The van der Waals surface area contributed by atoms with E-state index in [4.69, 9.17) is 24.0 Å². The van der Waals surface area contributed by atoms with Crippen molar-refractivity contribution in [3.8, 4) is 11.5 Å². The van der Waals surface area contributed by atoms with Gasteiger partial charge in [-0.05, 0) is 92.4 Å². The Bertz CT molecular complexity index is 1750. The minimum absolute atomic E-state index is 0.261. The van der Waals surface area contributed by atoms with Gasteiger partial charge in [-0.3, -0.25) is 4.90 Å². The highest BCUT2D eigenvalue weighted by molar-refractivity contribution is 5.86. The van der Waals surface area contributed by atoms with E-state index in [1.54, 1.807) is 12.2 Å². The van der Waals surface area contributed by atoms with Crippen LogP contribution in [0.3, 0.4) is 0 Å². The zero-order chi connectivity index (χ0) is 36.8. The number of hydrazone groups is 2. The largest absolute Gasteiger partial charge is 0.496 e. The van der Waals surface area contributed by atoms with Crippen molar-refractivity contribution in [1.29, 1.82) is 0 Å². The van der Waals surface area contributed by atoms with Gasteiger partial charge in [0.05, 0.1) is 31.9 Å². The van der Waals surface area contributed by atoms with Crippen molar-refractivity contribution in [2.45, 2.75) is 64.9 Å². The van der Waals surface area contributed by atoms with E-state index < -0.39 is 5.79 Å². The number of hydrazine groups is 1. The molecule has 0 bridgehead atoms. The molecule has 5 aliphatic rings. The van der Waals surface area contributed by atoms with Crippen molar-refractivity contribution in [2.75, 3.05) is 74.3 Å². The number of piperazine rings is 1. The molecule has 12 heteroatoms. The molecule has 282 valence electrons. The fourth-order valence-electron chi connectivity index (χ4n) is 7.16. The number of ether oxygens (including phenoxy) is 4. The summed E-state index contributed by atoms with van der Waals surface area (Å²) in [5.41, 5.74) is 9.17. The van der Waals surface area contributed by atoms with Gasteiger partial charge in [-0.2, -0.15) is 10.2 Å². The molecule has 2 saturated heterocycles. The minimum Gasteiger partial charge on any atom is -0.496 e. The Morgan fingerprint density at radius 3 is 2.17 bits per heavy atom. The zero-order valence-electron chi connectivity index (χ0n) is 31.8. The molecule has 3 aromatic carbocycles. The highest BCUT2D eigenvalue weighted by atomic mass is 16.8. The molecular weight excluding hydrogens is 669 g/mol. The number of methoxy groups -OCH3 is 1. The Kier molecular flexibility index (Phi) is 11.4. The number of nitrogens with one attached hydrogen (secondary N) is 1. The molecular formula is C41H54N8O4. The van der Waals surface area contributed by atoms with Crippen LogP contribution in [0.5, 0.6) is 11.5 Å². The maximum Gasteiger partial charge on any atom is 0.220 e. The highest BCUT2D eigenvalue weighted by Crippen LogP contribution is 2.41. The van der Waals surface area contributed by atoms with Crippen molar-refractivity contribution < 1.29 is 18.9 Å². The maximum absolute atomic E-state index is 6.58. The average molecular weight is 723 g/mol. The van der Waals surface area contributed by atoms with E-state index in [0.29, 0.717) is 38.1 Å². The molecule has 0 aromatic heterocycles. The van der Waals surface area contributed by atoms with Gasteiger partial charge in [0.15, 0.2) is 0 Å². The van der Waals surface area contributed by atoms with Crippen LogP contribution in [-0.4, -0.2) is 94.4 Å². The number of allylic oxidation sites excluding steroid dienone is 1. The molecule has 0 radical (unpaired) electrons. The van der Waals surface area contributed by atoms with Crippen LogP contribution in [0.2, 0.25) is 0 Å². The number of hydrogen-bond acceptors (Lipinski definition) is 12. The molecule has 4 aliphatic heterocycles. The van der Waals surface area contributed by atoms with Crippen LogP contribution in [0.4, 0.5) is 17.1 Å². The lowest BCUT2D eigenvalue weighted by Gasteiger charge is -2.37. The fourth-order valence-corrected chi connectivity index (χ4v) is 7.16. The van der Waals surface area contributed by atoms with Crippen LogP contribution >= 0.6 is 0 Å². The van der Waals surface area contributed by atoms with Crippen LogP contribution in [0.25, 0.3) is 0 Å². The summed E-state index contributed by atoms with van der Waals surface area (Å²) in [5, 5.41) is 13.1. The van der Waals surface area contributed by atoms with Crippen LogP contribution in [-0.2, 0) is 15.3 Å². The second-order valence-corrected chi connectivity index (χ2v) is 13.6. The molecule has 1 aliphatic carbocycles. The van der Waals surface area contributed by atoms with Gasteiger partial charge in [-0.25, -0.2) is 15.6 Å². The van der Waals surface area contributed by atoms with Crippen molar-refractivity contribution in [2.24, 2.45) is 10.2 Å². The fraction of sp³-hybridized carbons (Fsp3) is 0.463. The Balaban J connectivity index is 0.00000214. The first kappa shape index (κ1) is 36.6. The summed E-state index contributed by atoms with van der Waals surface area (Å²) in [6.07, 6.45) is 6.95. The van der Waals surface area contributed by atoms with Crippen LogP contribution < -0.4 is 29.6 Å². The van der Waals surface area contributed by atoms with Gasteiger partial charge in [0.25, 0.3) is 0 Å². The van der Waals surface area contributed by atoms with Crippen molar-refractivity contribution in [3.63, 3.8) is 0 Å². The Labute approximate surface area is 314 Å². The predicted molar refractivity (Wildman–Crippen MR) is 212 cm³/mol. The maximum atomic E-state index is 6.58. The first-order valence-electron chi connectivity index (χ1n) is 19.2. The summed E-state index contributed by atoms with van der Waals surface area (Å²) in [6.45, 7) is 14.1. The molecule has 3 unspecified atom stereocenters. The van der Waals surface area contributed by atoms with E-state index in [2.05, 4.69) is 80.5 Å². The van der Waals surface area contributed by atoms with E-state index in [0.717, 1.165) is 43.9 Å². The lowest BCUT2D eigenvalue weighted by molar-refractivity contribution is -0.196. The SMILES string of the molecule is CC.CCC(C)N1N=CN(c2ccc(N3CCN(c4ccc(OCC5COC(CN6N=CCN6)(c6ccccc6OC)O5)cc4)CC3)cc2)C1=C1CC1. The third-order valence-corrected chi connectivity index (χ3v) is 10.3. The Morgan fingerprint density at radius 1 is 0.887 bits per heavy atom. The second-order valence-electron chi connectivity index (χ2n) is 13.6. The average Bonchev–Trinajstić information content (AvgIpc) is 3.54. The molecule has 53 heavy (non-hydrogen) atoms. The number of rotatable bonds is 12. The van der Waals surface area contributed by atoms with Gasteiger partial charge in [-0.1, -0.05) is 32.9 Å². The lowest BCUT2D eigenvalue weighted by Crippen LogP contribution is -2.46. The molecule has 0 spiro atoms. The van der Waals surface area contributed by atoms with E-state index in [1.807, 2.05) is 62.8 Å². The molecule has 3 atom stereocenters. The third kappa shape index (κ3) is 7.95. The summed E-state index contributed by atoms with van der Waals surface area (Å²) in [5.74, 6) is 1.73. The molecule has 4 heterocycles. The van der Waals surface area contributed by atoms with Gasteiger partial charge in [0, 0.05) is 49.5 Å². The van der Waals surface area contributed by atoms with Crippen molar-refractivity contribution >= 4 is 29.6 Å². The standard InChI is InChI=1S/C39H48N8O4.C2H6/c1-4-29(2)47-38(30-9-10-30)45(28-42-47)33-13-11-31(12-14-33)43-21-23-44(24-22-43)32-15-17-34(18-16-32)49-25-35-26-50-39(51-35,27-46-40-19-20-41-46)36-7-5-6-8-37(36)48-3;1-2/h5-8,11-19,28-29,35,41H,4,9-10,20-27H2,1-3H3;1-2H3. The second kappa shape index (κ2) is 16.5. The Hall–Kier alpha value is -4.78. The summed E-state index contributed by atoms with van der Waals surface area (Å²) in [6, 6.07) is 25.5.